The molecule has 0 bridgehead atoms. The summed E-state index contributed by atoms with van der Waals surface area (Å²) in [7, 11) is 0. The van der Waals surface area contributed by atoms with Gasteiger partial charge in [0.2, 0.25) is 0 Å². The summed E-state index contributed by atoms with van der Waals surface area (Å²) in [4.78, 5) is 27.0. The Hall–Kier alpha value is -1.24. The smallest absolute Gasteiger partial charge is 0.425 e. The molecule has 1 saturated heterocycles. The standard InChI is InChI=1S/C22H38F2N2O3/c1-19(2,3)29-18(28)26(25-14-8-9-15-25)22(12-10-20(4,5)11-13-22)16(27)21(6,7)17(23)24/h17H,8-15H2,1-7H3. The van der Waals surface area contributed by atoms with E-state index in [1.54, 1.807) is 20.8 Å². The van der Waals surface area contributed by atoms with Crippen molar-refractivity contribution in [3.05, 3.63) is 0 Å². The van der Waals surface area contributed by atoms with E-state index in [2.05, 4.69) is 13.8 Å². The first-order valence-corrected chi connectivity index (χ1v) is 10.7. The lowest BCUT2D eigenvalue weighted by Gasteiger charge is -2.53. The Bertz CT molecular complexity index is 610. The van der Waals surface area contributed by atoms with Gasteiger partial charge in [0.1, 0.15) is 11.1 Å². The van der Waals surface area contributed by atoms with Gasteiger partial charge in [0.05, 0.1) is 5.41 Å². The number of alkyl halides is 2. The quantitative estimate of drug-likeness (QED) is 0.599. The molecule has 168 valence electrons. The van der Waals surface area contributed by atoms with E-state index < -0.39 is 34.9 Å². The number of hydrogen-bond acceptors (Lipinski definition) is 4. The first-order valence-electron chi connectivity index (χ1n) is 10.7. The van der Waals surface area contributed by atoms with E-state index in [9.17, 15) is 18.4 Å². The van der Waals surface area contributed by atoms with E-state index in [1.165, 1.54) is 18.9 Å². The van der Waals surface area contributed by atoms with Gasteiger partial charge in [-0.3, -0.25) is 4.79 Å². The molecular weight excluding hydrogens is 378 g/mol. The van der Waals surface area contributed by atoms with Crippen molar-refractivity contribution in [2.45, 2.75) is 105 Å². The predicted molar refractivity (Wildman–Crippen MR) is 109 cm³/mol. The van der Waals surface area contributed by atoms with Crippen LogP contribution in [0.25, 0.3) is 0 Å². The summed E-state index contributed by atoms with van der Waals surface area (Å²) in [5, 5.41) is 3.29. The Labute approximate surface area is 174 Å². The van der Waals surface area contributed by atoms with E-state index in [0.29, 0.717) is 38.8 Å². The van der Waals surface area contributed by atoms with Crippen LogP contribution in [0, 0.1) is 10.8 Å². The zero-order chi connectivity index (χ0) is 22.3. The Kier molecular flexibility index (Phi) is 6.73. The van der Waals surface area contributed by atoms with Gasteiger partial charge in [-0.05, 0) is 78.6 Å². The number of nitrogens with zero attached hydrogens (tertiary/aromatic N) is 2. The molecule has 1 aliphatic carbocycles. The van der Waals surface area contributed by atoms with Gasteiger partial charge in [0.15, 0.2) is 5.78 Å². The van der Waals surface area contributed by atoms with Gasteiger partial charge in [-0.25, -0.2) is 23.6 Å². The van der Waals surface area contributed by atoms with Gasteiger partial charge >= 0.3 is 6.09 Å². The Balaban J connectivity index is 2.55. The van der Waals surface area contributed by atoms with Gasteiger partial charge in [0.25, 0.3) is 6.43 Å². The fourth-order valence-corrected chi connectivity index (χ4v) is 4.34. The van der Waals surface area contributed by atoms with E-state index in [0.717, 1.165) is 12.8 Å². The van der Waals surface area contributed by atoms with Gasteiger partial charge in [-0.1, -0.05) is 13.8 Å². The van der Waals surface area contributed by atoms with Crippen LogP contribution in [0.3, 0.4) is 0 Å². The van der Waals surface area contributed by atoms with Crippen LogP contribution < -0.4 is 0 Å². The summed E-state index contributed by atoms with van der Waals surface area (Å²) >= 11 is 0. The fraction of sp³-hybridized carbons (Fsp3) is 0.909. The molecule has 2 fully saturated rings. The van der Waals surface area contributed by atoms with Gasteiger partial charge in [-0.15, -0.1) is 0 Å². The van der Waals surface area contributed by atoms with Gasteiger partial charge in [-0.2, -0.15) is 0 Å². The van der Waals surface area contributed by atoms with Crippen molar-refractivity contribution in [3.8, 4) is 0 Å². The molecule has 0 N–H and O–H groups in total. The molecule has 2 rings (SSSR count). The third-order valence-electron chi connectivity index (χ3n) is 6.32. The normalized spacial score (nSPS) is 22.6. The minimum absolute atomic E-state index is 0.00334. The maximum Gasteiger partial charge on any atom is 0.425 e. The molecule has 1 amide bonds. The van der Waals surface area contributed by atoms with Crippen LogP contribution in [-0.2, 0) is 9.53 Å². The van der Waals surface area contributed by atoms with Crippen LogP contribution in [0.2, 0.25) is 0 Å². The maximum atomic E-state index is 13.9. The summed E-state index contributed by atoms with van der Waals surface area (Å²) in [6, 6.07) is 0. The molecule has 1 aliphatic heterocycles. The third kappa shape index (κ3) is 5.09. The number of hydrogen-bond donors (Lipinski definition) is 0. The minimum atomic E-state index is -2.80. The Morgan fingerprint density at radius 3 is 1.86 bits per heavy atom. The number of carbonyl (C=O) groups is 2. The molecule has 2 aliphatic rings. The van der Waals surface area contributed by atoms with Crippen molar-refractivity contribution in [1.82, 2.24) is 10.0 Å². The number of carbonyl (C=O) groups excluding carboxylic acids is 2. The van der Waals surface area contributed by atoms with Crippen LogP contribution in [0.5, 0.6) is 0 Å². The summed E-state index contributed by atoms with van der Waals surface area (Å²) < 4.78 is 33.4. The number of amides is 1. The van der Waals surface area contributed by atoms with Crippen LogP contribution in [0.1, 0.15) is 87.0 Å². The molecule has 29 heavy (non-hydrogen) atoms. The minimum Gasteiger partial charge on any atom is -0.443 e. The second-order valence-corrected chi connectivity index (χ2v) is 11.0. The summed E-state index contributed by atoms with van der Waals surface area (Å²) in [6.07, 6.45) is 0.477. The Morgan fingerprint density at radius 2 is 1.45 bits per heavy atom. The molecule has 0 aromatic heterocycles. The largest absolute Gasteiger partial charge is 0.443 e. The van der Waals surface area contributed by atoms with Gasteiger partial charge in [0, 0.05) is 13.1 Å². The molecule has 0 spiro atoms. The van der Waals surface area contributed by atoms with Crippen LogP contribution in [0.4, 0.5) is 13.6 Å². The first-order chi connectivity index (χ1) is 13.1. The van der Waals surface area contributed by atoms with E-state index in [-0.39, 0.29) is 5.41 Å². The molecule has 1 heterocycles. The molecule has 0 aromatic carbocycles. The van der Waals surface area contributed by atoms with Crippen LogP contribution >= 0.6 is 0 Å². The zero-order valence-electron chi connectivity index (χ0n) is 19.1. The summed E-state index contributed by atoms with van der Waals surface area (Å²) in [5.41, 5.74) is -3.89. The number of ketones is 1. The first kappa shape index (κ1) is 24.0. The number of hydrazine groups is 1. The monoisotopic (exact) mass is 416 g/mol. The number of Topliss-reactive ketones (excluding diaryl/α,β-unsaturated/α-hetero) is 1. The lowest BCUT2D eigenvalue weighted by Crippen LogP contribution is -2.68. The molecule has 5 nitrogen and oxygen atoms in total. The number of halogens is 2. The van der Waals surface area contributed by atoms with Gasteiger partial charge < -0.3 is 4.74 Å². The topological polar surface area (TPSA) is 49.9 Å². The van der Waals surface area contributed by atoms with Crippen molar-refractivity contribution >= 4 is 11.9 Å². The van der Waals surface area contributed by atoms with E-state index >= 15 is 0 Å². The fourth-order valence-electron chi connectivity index (χ4n) is 4.34. The molecule has 7 heteroatoms. The van der Waals surface area contributed by atoms with Crippen molar-refractivity contribution in [2.75, 3.05) is 13.1 Å². The lowest BCUT2D eigenvalue weighted by molar-refractivity contribution is -0.169. The highest BCUT2D eigenvalue weighted by molar-refractivity contribution is 5.96. The summed E-state index contributed by atoms with van der Waals surface area (Å²) in [5.74, 6) is -0.562. The predicted octanol–water partition coefficient (Wildman–Crippen LogP) is 5.43. The second-order valence-electron chi connectivity index (χ2n) is 11.0. The highest BCUT2D eigenvalue weighted by Gasteiger charge is 2.58. The van der Waals surface area contributed by atoms with E-state index in [1.807, 2.05) is 5.01 Å². The summed E-state index contributed by atoms with van der Waals surface area (Å²) in [6.45, 7) is 13.4. The SMILES string of the molecule is CC1(C)CCC(C(=O)C(C)(C)C(F)F)(N(C(=O)OC(C)(C)C)N2CCCC2)CC1. The Morgan fingerprint density at radius 1 is 0.966 bits per heavy atom. The van der Waals surface area contributed by atoms with Crippen molar-refractivity contribution in [1.29, 1.82) is 0 Å². The highest BCUT2D eigenvalue weighted by Crippen LogP contribution is 2.48. The molecule has 0 unspecified atom stereocenters. The molecule has 0 atom stereocenters. The van der Waals surface area contributed by atoms with E-state index in [4.69, 9.17) is 4.74 Å². The number of ether oxygens (including phenoxy) is 1. The van der Waals surface area contributed by atoms with Crippen molar-refractivity contribution in [2.24, 2.45) is 10.8 Å². The molecule has 1 saturated carbocycles. The second kappa shape index (κ2) is 8.12. The van der Waals surface area contributed by atoms with Crippen LogP contribution in [0.15, 0.2) is 0 Å². The average Bonchev–Trinajstić information content (AvgIpc) is 3.08. The third-order valence-corrected chi connectivity index (χ3v) is 6.32. The molecule has 0 radical (unpaired) electrons. The molecular formula is C22H38F2N2O3. The zero-order valence-corrected chi connectivity index (χ0v) is 19.1. The lowest BCUT2D eigenvalue weighted by atomic mass is 9.63. The van der Waals surface area contributed by atoms with Crippen LogP contribution in [-0.4, -0.2) is 52.5 Å². The van der Waals surface area contributed by atoms with Crippen molar-refractivity contribution < 1.29 is 23.1 Å². The van der Waals surface area contributed by atoms with Crippen molar-refractivity contribution in [3.63, 3.8) is 0 Å². The highest BCUT2D eigenvalue weighted by atomic mass is 19.3. The number of rotatable bonds is 5. The maximum absolute atomic E-state index is 13.9. The average molecular weight is 417 g/mol. The molecule has 0 aromatic rings.